The zero-order valence-electron chi connectivity index (χ0n) is 4.24. The SMILES string of the molecule is C#CC(C)(Br)C(=O)Br. The van der Waals surface area contributed by atoms with Gasteiger partial charge in [-0.25, -0.2) is 0 Å². The Morgan fingerprint density at radius 1 is 1.88 bits per heavy atom. The third-order valence-corrected chi connectivity index (χ3v) is 2.55. The largest absolute Gasteiger partial charge is 0.284 e. The van der Waals surface area contributed by atoms with Crippen molar-refractivity contribution in [2.24, 2.45) is 0 Å². The summed E-state index contributed by atoms with van der Waals surface area (Å²) < 4.78 is -1.07. The average Bonchev–Trinajstić information content (AvgIpc) is 1.67. The van der Waals surface area contributed by atoms with Gasteiger partial charge in [-0.05, 0) is 22.9 Å². The Balaban J connectivity index is 4.19. The molecule has 3 heteroatoms. The molecule has 0 rings (SSSR count). The lowest BCUT2D eigenvalue weighted by molar-refractivity contribution is -0.110. The fraction of sp³-hybridized carbons (Fsp3) is 0.400. The summed E-state index contributed by atoms with van der Waals surface area (Å²) in [6.45, 7) is 1.60. The highest BCUT2D eigenvalue weighted by atomic mass is 79.9. The fourth-order valence-electron chi connectivity index (χ4n) is 0.0567. The minimum atomic E-state index is -0.840. The molecule has 0 aromatic rings. The molecule has 1 unspecified atom stereocenters. The van der Waals surface area contributed by atoms with Crippen LogP contribution in [0.4, 0.5) is 0 Å². The lowest BCUT2D eigenvalue weighted by atomic mass is 10.2. The van der Waals surface area contributed by atoms with E-state index < -0.39 is 4.32 Å². The lowest BCUT2D eigenvalue weighted by Crippen LogP contribution is -2.19. The molecule has 1 atom stereocenters. The summed E-state index contributed by atoms with van der Waals surface area (Å²) in [7, 11) is 0. The van der Waals surface area contributed by atoms with Gasteiger partial charge in [-0.15, -0.1) is 6.42 Å². The van der Waals surface area contributed by atoms with Gasteiger partial charge in [0, 0.05) is 0 Å². The summed E-state index contributed by atoms with van der Waals surface area (Å²) in [4.78, 5) is 10.4. The number of carbonyl (C=O) groups is 1. The molecule has 0 N–H and O–H groups in total. The Morgan fingerprint density at radius 2 is 2.25 bits per heavy atom. The number of halogens is 2. The number of hydrogen-bond donors (Lipinski definition) is 0. The zero-order valence-corrected chi connectivity index (χ0v) is 7.41. The van der Waals surface area contributed by atoms with Crippen molar-refractivity contribution in [3.63, 3.8) is 0 Å². The molecule has 0 amide bonds. The Kier molecular flexibility index (Phi) is 2.72. The normalized spacial score (nSPS) is 16.2. The Labute approximate surface area is 65.1 Å². The maximum atomic E-state index is 10.4. The third kappa shape index (κ3) is 1.97. The van der Waals surface area contributed by atoms with Crippen molar-refractivity contribution < 1.29 is 4.79 Å². The van der Waals surface area contributed by atoms with Gasteiger partial charge in [-0.1, -0.05) is 21.9 Å². The van der Waals surface area contributed by atoms with Crippen LogP contribution in [0.2, 0.25) is 0 Å². The van der Waals surface area contributed by atoms with E-state index in [1.54, 1.807) is 6.92 Å². The van der Waals surface area contributed by atoms with Gasteiger partial charge in [0.15, 0.2) is 4.32 Å². The van der Waals surface area contributed by atoms with E-state index in [-0.39, 0.29) is 4.69 Å². The van der Waals surface area contributed by atoms with Crippen LogP contribution in [0.3, 0.4) is 0 Å². The van der Waals surface area contributed by atoms with Gasteiger partial charge >= 0.3 is 0 Å². The first-order valence-electron chi connectivity index (χ1n) is 1.87. The summed E-state index contributed by atoms with van der Waals surface area (Å²) in [5.74, 6) is 2.26. The van der Waals surface area contributed by atoms with Gasteiger partial charge in [0.05, 0.1) is 0 Å². The highest BCUT2D eigenvalue weighted by Gasteiger charge is 2.23. The maximum absolute atomic E-state index is 10.4. The van der Waals surface area contributed by atoms with Crippen LogP contribution in [0.15, 0.2) is 0 Å². The van der Waals surface area contributed by atoms with E-state index >= 15 is 0 Å². The summed E-state index contributed by atoms with van der Waals surface area (Å²) in [6, 6.07) is 0. The molecule has 0 aromatic heterocycles. The van der Waals surface area contributed by atoms with Gasteiger partial charge < -0.3 is 0 Å². The molecule has 0 saturated carbocycles. The van der Waals surface area contributed by atoms with Crippen molar-refractivity contribution in [1.82, 2.24) is 0 Å². The van der Waals surface area contributed by atoms with Crippen LogP contribution in [0.25, 0.3) is 0 Å². The quantitative estimate of drug-likeness (QED) is 0.387. The molecule has 0 saturated heterocycles. The number of alkyl halides is 1. The van der Waals surface area contributed by atoms with E-state index in [2.05, 4.69) is 37.8 Å². The van der Waals surface area contributed by atoms with E-state index in [0.29, 0.717) is 0 Å². The standard InChI is InChI=1S/C5H4Br2O/c1-3-5(2,7)4(6)8/h1H,2H3. The molecule has 0 radical (unpaired) electrons. The van der Waals surface area contributed by atoms with E-state index in [9.17, 15) is 4.79 Å². The molecule has 44 valence electrons. The van der Waals surface area contributed by atoms with Crippen LogP contribution in [-0.4, -0.2) is 9.02 Å². The monoisotopic (exact) mass is 238 g/mol. The average molecular weight is 240 g/mol. The van der Waals surface area contributed by atoms with Gasteiger partial charge in [-0.2, -0.15) is 0 Å². The molecule has 0 heterocycles. The van der Waals surface area contributed by atoms with E-state index in [1.165, 1.54) is 0 Å². The molecule has 0 aliphatic carbocycles. The van der Waals surface area contributed by atoms with Crippen LogP contribution < -0.4 is 0 Å². The molecule has 0 aromatic carbocycles. The molecule has 0 spiro atoms. The Morgan fingerprint density at radius 3 is 2.25 bits per heavy atom. The molecule has 0 aliphatic heterocycles. The van der Waals surface area contributed by atoms with Gasteiger partial charge in [-0.3, -0.25) is 4.79 Å². The maximum Gasteiger partial charge on any atom is 0.226 e. The van der Waals surface area contributed by atoms with Gasteiger partial charge in [0.1, 0.15) is 0 Å². The van der Waals surface area contributed by atoms with Crippen LogP contribution >= 0.6 is 31.9 Å². The lowest BCUT2D eigenvalue weighted by Gasteiger charge is -2.06. The molecule has 8 heavy (non-hydrogen) atoms. The van der Waals surface area contributed by atoms with Crippen LogP contribution in [0, 0.1) is 12.3 Å². The first-order valence-corrected chi connectivity index (χ1v) is 3.46. The van der Waals surface area contributed by atoms with Crippen LogP contribution in [0.1, 0.15) is 6.92 Å². The Bertz CT molecular complexity index is 143. The van der Waals surface area contributed by atoms with Crippen LogP contribution in [-0.2, 0) is 4.79 Å². The highest BCUT2D eigenvalue weighted by Crippen LogP contribution is 2.19. The van der Waals surface area contributed by atoms with E-state index in [0.717, 1.165) is 0 Å². The zero-order chi connectivity index (χ0) is 6.78. The molecule has 0 aliphatic rings. The van der Waals surface area contributed by atoms with Crippen molar-refractivity contribution in [3.05, 3.63) is 0 Å². The fourth-order valence-corrected chi connectivity index (χ4v) is 0.171. The minimum absolute atomic E-state index is 0.229. The van der Waals surface area contributed by atoms with Crippen molar-refractivity contribution in [2.45, 2.75) is 11.2 Å². The van der Waals surface area contributed by atoms with Crippen molar-refractivity contribution in [2.75, 3.05) is 0 Å². The van der Waals surface area contributed by atoms with E-state index in [1.807, 2.05) is 0 Å². The topological polar surface area (TPSA) is 17.1 Å². The number of hydrogen-bond acceptors (Lipinski definition) is 1. The predicted octanol–water partition coefficient (Wildman–Crippen LogP) is 1.69. The van der Waals surface area contributed by atoms with Crippen LogP contribution in [0.5, 0.6) is 0 Å². The second-order valence-corrected chi connectivity index (χ2v) is 3.73. The smallest absolute Gasteiger partial charge is 0.226 e. The number of carbonyl (C=O) groups excluding carboxylic acids is 1. The minimum Gasteiger partial charge on any atom is -0.284 e. The number of rotatable bonds is 1. The highest BCUT2D eigenvalue weighted by molar-refractivity contribution is 9.20. The summed E-state index contributed by atoms with van der Waals surface area (Å²) in [5.41, 5.74) is 0. The third-order valence-electron chi connectivity index (χ3n) is 0.640. The molecular weight excluding hydrogens is 236 g/mol. The second kappa shape index (κ2) is 2.65. The second-order valence-electron chi connectivity index (χ2n) is 1.42. The van der Waals surface area contributed by atoms with Crippen molar-refractivity contribution >= 4 is 36.6 Å². The number of terminal acetylenes is 1. The predicted molar refractivity (Wildman–Crippen MR) is 40.1 cm³/mol. The Hall–Kier alpha value is 0.190. The van der Waals surface area contributed by atoms with Gasteiger partial charge in [0.2, 0.25) is 4.69 Å². The van der Waals surface area contributed by atoms with Crippen molar-refractivity contribution in [3.8, 4) is 12.3 Å². The molecular formula is C5H4Br2O. The summed E-state index contributed by atoms with van der Waals surface area (Å²) in [6.07, 6.45) is 4.96. The van der Waals surface area contributed by atoms with E-state index in [4.69, 9.17) is 6.42 Å². The first-order chi connectivity index (χ1) is 3.50. The molecule has 0 fully saturated rings. The summed E-state index contributed by atoms with van der Waals surface area (Å²) in [5, 5.41) is 0. The molecule has 0 bridgehead atoms. The molecule has 1 nitrogen and oxygen atoms in total. The van der Waals surface area contributed by atoms with Gasteiger partial charge in [0.25, 0.3) is 0 Å². The summed E-state index contributed by atoms with van der Waals surface area (Å²) >= 11 is 5.74. The first kappa shape index (κ1) is 8.19. The van der Waals surface area contributed by atoms with Crippen molar-refractivity contribution in [1.29, 1.82) is 0 Å².